The molecule has 1 fully saturated rings. The van der Waals surface area contributed by atoms with Crippen molar-refractivity contribution >= 4 is 23.4 Å². The van der Waals surface area contributed by atoms with Gasteiger partial charge in [0.05, 0.1) is 5.92 Å². The summed E-state index contributed by atoms with van der Waals surface area (Å²) in [4.78, 5) is 12.7. The Hall–Kier alpha value is -1.16. The first kappa shape index (κ1) is 14.8. The minimum atomic E-state index is 0.00637. The van der Waals surface area contributed by atoms with Crippen molar-refractivity contribution in [2.45, 2.75) is 49.3 Å². The number of amides is 1. The number of anilines is 1. The van der Waals surface area contributed by atoms with Gasteiger partial charge in [0.1, 0.15) is 0 Å². The fourth-order valence-corrected chi connectivity index (χ4v) is 4.50. The number of hydrogen-bond acceptors (Lipinski definition) is 3. The highest BCUT2D eigenvalue weighted by Gasteiger charge is 2.31. The van der Waals surface area contributed by atoms with Crippen LogP contribution in [-0.4, -0.2) is 30.0 Å². The number of para-hydroxylation sites is 1. The molecule has 1 aromatic carbocycles. The molecular weight excluding hydrogens is 280 g/mol. The average molecular weight is 304 g/mol. The molecule has 0 spiro atoms. The summed E-state index contributed by atoms with van der Waals surface area (Å²) in [5, 5.41) is 7.31. The largest absolute Gasteiger partial charge is 0.385 e. The molecule has 1 aromatic rings. The third-order valence-corrected chi connectivity index (χ3v) is 5.90. The van der Waals surface area contributed by atoms with Gasteiger partial charge in [0.15, 0.2) is 0 Å². The molecule has 1 amide bonds. The van der Waals surface area contributed by atoms with Crippen LogP contribution in [0.2, 0.25) is 0 Å². The van der Waals surface area contributed by atoms with E-state index in [-0.39, 0.29) is 11.8 Å². The zero-order chi connectivity index (χ0) is 14.7. The molecule has 3 nitrogen and oxygen atoms in total. The summed E-state index contributed by atoms with van der Waals surface area (Å²) < 4.78 is 0. The van der Waals surface area contributed by atoms with E-state index in [1.165, 1.54) is 19.3 Å². The topological polar surface area (TPSA) is 41.1 Å². The molecule has 0 bridgehead atoms. The molecule has 21 heavy (non-hydrogen) atoms. The first-order valence-corrected chi connectivity index (χ1v) is 9.24. The Morgan fingerprint density at radius 3 is 2.90 bits per heavy atom. The molecule has 2 N–H and O–H groups in total. The van der Waals surface area contributed by atoms with Gasteiger partial charge < -0.3 is 10.6 Å². The van der Waals surface area contributed by atoms with Crippen LogP contribution in [-0.2, 0) is 4.79 Å². The maximum atomic E-state index is 12.7. The number of nitrogens with one attached hydrogen (secondary N) is 2. The van der Waals surface area contributed by atoms with Gasteiger partial charge in [0.2, 0.25) is 5.91 Å². The van der Waals surface area contributed by atoms with E-state index < -0.39 is 0 Å². The lowest BCUT2D eigenvalue weighted by atomic mass is 9.89. The van der Waals surface area contributed by atoms with E-state index in [2.05, 4.69) is 29.0 Å². The zero-order valence-electron chi connectivity index (χ0n) is 12.6. The van der Waals surface area contributed by atoms with E-state index in [1.807, 2.05) is 23.9 Å². The minimum Gasteiger partial charge on any atom is -0.385 e. The Morgan fingerprint density at radius 1 is 1.24 bits per heavy atom. The highest BCUT2D eigenvalue weighted by Crippen LogP contribution is 2.33. The molecule has 1 aliphatic carbocycles. The molecule has 3 rings (SSSR count). The second kappa shape index (κ2) is 6.73. The SMILES string of the molecule is CSC1CCCCC1NC(=O)C1CCNc2ccccc21. The number of carbonyl (C=O) groups is 1. The quantitative estimate of drug-likeness (QED) is 0.899. The van der Waals surface area contributed by atoms with E-state index in [0.717, 1.165) is 30.6 Å². The summed E-state index contributed by atoms with van der Waals surface area (Å²) in [5.41, 5.74) is 2.27. The Labute approximate surface area is 131 Å². The molecule has 0 radical (unpaired) electrons. The molecule has 0 aromatic heterocycles. The van der Waals surface area contributed by atoms with Crippen molar-refractivity contribution in [1.82, 2.24) is 5.32 Å². The van der Waals surface area contributed by atoms with Gasteiger partial charge in [0.25, 0.3) is 0 Å². The van der Waals surface area contributed by atoms with Crippen molar-refractivity contribution in [1.29, 1.82) is 0 Å². The van der Waals surface area contributed by atoms with Gasteiger partial charge in [-0.2, -0.15) is 11.8 Å². The van der Waals surface area contributed by atoms with Crippen LogP contribution in [0.1, 0.15) is 43.6 Å². The maximum absolute atomic E-state index is 12.7. The minimum absolute atomic E-state index is 0.00637. The first-order valence-electron chi connectivity index (χ1n) is 7.95. The molecule has 114 valence electrons. The van der Waals surface area contributed by atoms with Crippen LogP contribution < -0.4 is 10.6 Å². The first-order chi connectivity index (χ1) is 10.3. The van der Waals surface area contributed by atoms with Gasteiger partial charge in [-0.05, 0) is 37.1 Å². The van der Waals surface area contributed by atoms with Crippen LogP contribution in [0, 0.1) is 0 Å². The van der Waals surface area contributed by atoms with Crippen LogP contribution in [0.25, 0.3) is 0 Å². The number of carbonyl (C=O) groups excluding carboxylic acids is 1. The van der Waals surface area contributed by atoms with E-state index in [1.54, 1.807) is 0 Å². The van der Waals surface area contributed by atoms with Crippen LogP contribution in [0.15, 0.2) is 24.3 Å². The highest BCUT2D eigenvalue weighted by molar-refractivity contribution is 7.99. The van der Waals surface area contributed by atoms with Crippen molar-refractivity contribution in [3.8, 4) is 0 Å². The fraction of sp³-hybridized carbons (Fsp3) is 0.588. The van der Waals surface area contributed by atoms with Gasteiger partial charge in [-0.25, -0.2) is 0 Å². The van der Waals surface area contributed by atoms with Crippen LogP contribution in [0.4, 0.5) is 5.69 Å². The smallest absolute Gasteiger partial charge is 0.227 e. The van der Waals surface area contributed by atoms with E-state index >= 15 is 0 Å². The number of rotatable bonds is 3. The van der Waals surface area contributed by atoms with Crippen LogP contribution in [0.5, 0.6) is 0 Å². The molecule has 1 saturated carbocycles. The van der Waals surface area contributed by atoms with E-state index in [4.69, 9.17) is 0 Å². The highest BCUT2D eigenvalue weighted by atomic mass is 32.2. The predicted octanol–water partition coefficient (Wildman–Crippen LogP) is 3.38. The van der Waals surface area contributed by atoms with Gasteiger partial charge >= 0.3 is 0 Å². The zero-order valence-corrected chi connectivity index (χ0v) is 13.4. The lowest BCUT2D eigenvalue weighted by Gasteiger charge is -2.33. The Balaban J connectivity index is 1.71. The summed E-state index contributed by atoms with van der Waals surface area (Å²) in [7, 11) is 0. The average Bonchev–Trinajstić information content (AvgIpc) is 2.54. The van der Waals surface area contributed by atoms with Gasteiger partial charge in [-0.15, -0.1) is 0 Å². The number of hydrogen-bond donors (Lipinski definition) is 2. The van der Waals surface area contributed by atoms with Crippen molar-refractivity contribution in [3.05, 3.63) is 29.8 Å². The summed E-state index contributed by atoms with van der Waals surface area (Å²) in [6, 6.07) is 8.55. The summed E-state index contributed by atoms with van der Waals surface area (Å²) in [6.07, 6.45) is 7.95. The predicted molar refractivity (Wildman–Crippen MR) is 90.0 cm³/mol. The monoisotopic (exact) mass is 304 g/mol. The third-order valence-electron chi connectivity index (χ3n) is 4.73. The molecule has 3 unspecified atom stereocenters. The lowest BCUT2D eigenvalue weighted by Crippen LogP contribution is -2.46. The molecule has 2 aliphatic rings. The third kappa shape index (κ3) is 3.20. The summed E-state index contributed by atoms with van der Waals surface area (Å²) in [5.74, 6) is 0.224. The van der Waals surface area contributed by atoms with Crippen molar-refractivity contribution in [3.63, 3.8) is 0 Å². The van der Waals surface area contributed by atoms with Crippen LogP contribution in [0.3, 0.4) is 0 Å². The molecule has 0 saturated heterocycles. The number of fused-ring (bicyclic) bond motifs is 1. The van der Waals surface area contributed by atoms with Gasteiger partial charge in [-0.1, -0.05) is 31.0 Å². The van der Waals surface area contributed by atoms with Crippen molar-refractivity contribution < 1.29 is 4.79 Å². The summed E-state index contributed by atoms with van der Waals surface area (Å²) >= 11 is 1.90. The molecule has 3 atom stereocenters. The summed E-state index contributed by atoms with van der Waals surface area (Å²) in [6.45, 7) is 0.881. The second-order valence-electron chi connectivity index (χ2n) is 6.03. The second-order valence-corrected chi connectivity index (χ2v) is 7.11. The van der Waals surface area contributed by atoms with Gasteiger partial charge in [0, 0.05) is 23.5 Å². The standard InChI is InChI=1S/C17H24N2OS/c1-21-16-9-5-4-8-15(16)19-17(20)13-10-11-18-14-7-3-2-6-12(13)14/h2-3,6-7,13,15-16,18H,4-5,8-11H2,1H3,(H,19,20). The van der Waals surface area contributed by atoms with Gasteiger partial charge in [-0.3, -0.25) is 4.79 Å². The number of benzene rings is 1. The molecular formula is C17H24N2OS. The Bertz CT molecular complexity index is 505. The molecule has 1 aliphatic heterocycles. The molecule has 4 heteroatoms. The van der Waals surface area contributed by atoms with E-state index in [9.17, 15) is 4.79 Å². The normalized spacial score (nSPS) is 28.3. The Morgan fingerprint density at radius 2 is 2.05 bits per heavy atom. The Kier molecular flexibility index (Phi) is 4.73. The number of thioether (sulfide) groups is 1. The van der Waals surface area contributed by atoms with Crippen molar-refractivity contribution in [2.24, 2.45) is 0 Å². The van der Waals surface area contributed by atoms with Crippen LogP contribution >= 0.6 is 11.8 Å². The maximum Gasteiger partial charge on any atom is 0.227 e. The lowest BCUT2D eigenvalue weighted by molar-refractivity contribution is -0.123. The fourth-order valence-electron chi connectivity index (χ4n) is 3.57. The molecule has 1 heterocycles. The van der Waals surface area contributed by atoms with Crippen molar-refractivity contribution in [2.75, 3.05) is 18.1 Å². The van der Waals surface area contributed by atoms with E-state index in [0.29, 0.717) is 11.3 Å².